The summed E-state index contributed by atoms with van der Waals surface area (Å²) in [5.74, 6) is 0.891. The lowest BCUT2D eigenvalue weighted by atomic mass is 9.95. The maximum absolute atomic E-state index is 5.29. The average molecular weight is 244 g/mol. The van der Waals surface area contributed by atoms with E-state index in [0.717, 1.165) is 19.0 Å². The number of hydrogen-bond donors (Lipinski definition) is 2. The van der Waals surface area contributed by atoms with E-state index in [9.17, 15) is 0 Å². The molecular formula is C13H28N2O2. The Balaban J connectivity index is 1.92. The first kappa shape index (κ1) is 14.9. The van der Waals surface area contributed by atoms with Crippen LogP contribution in [0.3, 0.4) is 0 Å². The van der Waals surface area contributed by atoms with Gasteiger partial charge in [0.25, 0.3) is 0 Å². The van der Waals surface area contributed by atoms with Crippen molar-refractivity contribution in [1.29, 1.82) is 0 Å². The smallest absolute Gasteiger partial charge is 0.0928 e. The minimum atomic E-state index is 0.177. The number of ether oxygens (including phenoxy) is 2. The fraction of sp³-hybridized carbons (Fsp3) is 1.00. The highest BCUT2D eigenvalue weighted by molar-refractivity contribution is 4.69. The number of methoxy groups -OCH3 is 2. The zero-order valence-corrected chi connectivity index (χ0v) is 11.3. The van der Waals surface area contributed by atoms with Crippen LogP contribution in [0.5, 0.6) is 0 Å². The molecule has 1 heterocycles. The second-order valence-corrected chi connectivity index (χ2v) is 4.87. The predicted octanol–water partition coefficient (Wildman–Crippen LogP) is 1.02. The average Bonchev–Trinajstić information content (AvgIpc) is 2.38. The van der Waals surface area contributed by atoms with Gasteiger partial charge in [0.15, 0.2) is 0 Å². The lowest BCUT2D eigenvalue weighted by Crippen LogP contribution is -2.33. The van der Waals surface area contributed by atoms with Crippen LogP contribution in [-0.4, -0.2) is 53.1 Å². The molecule has 17 heavy (non-hydrogen) atoms. The van der Waals surface area contributed by atoms with Gasteiger partial charge >= 0.3 is 0 Å². The van der Waals surface area contributed by atoms with Crippen molar-refractivity contribution < 1.29 is 9.47 Å². The van der Waals surface area contributed by atoms with Crippen LogP contribution < -0.4 is 10.6 Å². The van der Waals surface area contributed by atoms with Crippen LogP contribution in [0.4, 0.5) is 0 Å². The lowest BCUT2D eigenvalue weighted by Gasteiger charge is -2.22. The molecule has 0 aromatic rings. The number of hydrogen-bond acceptors (Lipinski definition) is 4. The van der Waals surface area contributed by atoms with Gasteiger partial charge in [-0.3, -0.25) is 0 Å². The standard InChI is InChI=1S/C13H28N2O2/c1-16-11-13(17-2)10-15-8-4-6-12-5-3-7-14-9-12/h12-15H,3-11H2,1-2H3. The summed E-state index contributed by atoms with van der Waals surface area (Å²) in [7, 11) is 3.45. The zero-order chi connectivity index (χ0) is 12.3. The molecule has 1 rings (SSSR count). The van der Waals surface area contributed by atoms with E-state index in [1.54, 1.807) is 14.2 Å². The van der Waals surface area contributed by atoms with E-state index in [1.807, 2.05) is 0 Å². The van der Waals surface area contributed by atoms with Crippen LogP contribution in [0.1, 0.15) is 25.7 Å². The first-order valence-corrected chi connectivity index (χ1v) is 6.80. The summed E-state index contributed by atoms with van der Waals surface area (Å²) in [6, 6.07) is 0. The number of nitrogens with one attached hydrogen (secondary N) is 2. The fourth-order valence-electron chi connectivity index (χ4n) is 2.35. The Morgan fingerprint density at radius 3 is 2.94 bits per heavy atom. The van der Waals surface area contributed by atoms with Crippen molar-refractivity contribution in [1.82, 2.24) is 10.6 Å². The Bertz CT molecular complexity index is 166. The molecule has 0 saturated carbocycles. The fourth-order valence-corrected chi connectivity index (χ4v) is 2.35. The van der Waals surface area contributed by atoms with E-state index in [0.29, 0.717) is 6.61 Å². The van der Waals surface area contributed by atoms with Gasteiger partial charge in [-0.1, -0.05) is 0 Å². The third-order valence-electron chi connectivity index (χ3n) is 3.42. The Labute approximate surface area is 105 Å². The Morgan fingerprint density at radius 2 is 2.29 bits per heavy atom. The minimum Gasteiger partial charge on any atom is -0.382 e. The van der Waals surface area contributed by atoms with Crippen LogP contribution in [0.15, 0.2) is 0 Å². The van der Waals surface area contributed by atoms with E-state index >= 15 is 0 Å². The second kappa shape index (κ2) is 9.83. The quantitative estimate of drug-likeness (QED) is 0.594. The molecule has 0 aromatic carbocycles. The van der Waals surface area contributed by atoms with Crippen molar-refractivity contribution in [2.75, 3.05) is 47.0 Å². The van der Waals surface area contributed by atoms with Crippen molar-refractivity contribution in [3.63, 3.8) is 0 Å². The van der Waals surface area contributed by atoms with Gasteiger partial charge in [-0.15, -0.1) is 0 Å². The Kier molecular flexibility index (Phi) is 8.61. The highest BCUT2D eigenvalue weighted by Crippen LogP contribution is 2.15. The normalized spacial score (nSPS) is 22.6. The lowest BCUT2D eigenvalue weighted by molar-refractivity contribution is 0.0290. The highest BCUT2D eigenvalue weighted by atomic mass is 16.5. The van der Waals surface area contributed by atoms with Crippen molar-refractivity contribution in [3.05, 3.63) is 0 Å². The van der Waals surface area contributed by atoms with E-state index in [4.69, 9.17) is 9.47 Å². The molecule has 2 atom stereocenters. The minimum absolute atomic E-state index is 0.177. The van der Waals surface area contributed by atoms with Crippen LogP contribution >= 0.6 is 0 Å². The zero-order valence-electron chi connectivity index (χ0n) is 11.3. The molecule has 2 unspecified atom stereocenters. The van der Waals surface area contributed by atoms with Gasteiger partial charge < -0.3 is 20.1 Å². The van der Waals surface area contributed by atoms with Crippen LogP contribution in [-0.2, 0) is 9.47 Å². The molecule has 0 radical (unpaired) electrons. The van der Waals surface area contributed by atoms with Gasteiger partial charge in [0.2, 0.25) is 0 Å². The van der Waals surface area contributed by atoms with Gasteiger partial charge in [0.1, 0.15) is 0 Å². The summed E-state index contributed by atoms with van der Waals surface area (Å²) in [5.41, 5.74) is 0. The topological polar surface area (TPSA) is 42.5 Å². The summed E-state index contributed by atoms with van der Waals surface area (Å²) < 4.78 is 10.4. The van der Waals surface area contributed by atoms with Gasteiger partial charge in [-0.25, -0.2) is 0 Å². The van der Waals surface area contributed by atoms with Gasteiger partial charge in [-0.05, 0) is 51.2 Å². The Hall–Kier alpha value is -0.160. The molecule has 102 valence electrons. The maximum Gasteiger partial charge on any atom is 0.0928 e. The first-order valence-electron chi connectivity index (χ1n) is 6.80. The number of piperidine rings is 1. The molecule has 0 amide bonds. The van der Waals surface area contributed by atoms with Crippen LogP contribution in [0, 0.1) is 5.92 Å². The summed E-state index contributed by atoms with van der Waals surface area (Å²) in [4.78, 5) is 0. The SMILES string of the molecule is COCC(CNCCCC1CCCNC1)OC. The molecule has 0 aliphatic carbocycles. The Morgan fingerprint density at radius 1 is 1.41 bits per heavy atom. The molecule has 4 heteroatoms. The number of rotatable bonds is 9. The molecule has 1 aliphatic heterocycles. The van der Waals surface area contributed by atoms with Crippen molar-refractivity contribution in [2.24, 2.45) is 5.92 Å². The predicted molar refractivity (Wildman–Crippen MR) is 70.4 cm³/mol. The van der Waals surface area contributed by atoms with E-state index in [2.05, 4.69) is 10.6 Å². The van der Waals surface area contributed by atoms with Gasteiger partial charge in [0.05, 0.1) is 12.7 Å². The molecule has 1 aliphatic rings. The summed E-state index contributed by atoms with van der Waals surface area (Å²) in [5, 5.41) is 6.90. The van der Waals surface area contributed by atoms with Gasteiger partial charge in [-0.2, -0.15) is 0 Å². The third-order valence-corrected chi connectivity index (χ3v) is 3.42. The molecule has 2 N–H and O–H groups in total. The molecule has 4 nitrogen and oxygen atoms in total. The second-order valence-electron chi connectivity index (χ2n) is 4.87. The molecular weight excluding hydrogens is 216 g/mol. The van der Waals surface area contributed by atoms with E-state index in [-0.39, 0.29) is 6.10 Å². The molecule has 1 fully saturated rings. The van der Waals surface area contributed by atoms with Crippen molar-refractivity contribution in [3.8, 4) is 0 Å². The molecule has 0 spiro atoms. The summed E-state index contributed by atoms with van der Waals surface area (Å²) >= 11 is 0. The molecule has 0 aromatic heterocycles. The van der Waals surface area contributed by atoms with Crippen molar-refractivity contribution in [2.45, 2.75) is 31.8 Å². The molecule has 1 saturated heterocycles. The van der Waals surface area contributed by atoms with E-state index in [1.165, 1.54) is 38.8 Å². The van der Waals surface area contributed by atoms with Crippen LogP contribution in [0.25, 0.3) is 0 Å². The third kappa shape index (κ3) is 6.99. The largest absolute Gasteiger partial charge is 0.382 e. The van der Waals surface area contributed by atoms with Crippen molar-refractivity contribution >= 4 is 0 Å². The van der Waals surface area contributed by atoms with Crippen LogP contribution in [0.2, 0.25) is 0 Å². The summed E-state index contributed by atoms with van der Waals surface area (Å²) in [6.07, 6.45) is 5.52. The monoisotopic (exact) mass is 244 g/mol. The van der Waals surface area contributed by atoms with Gasteiger partial charge in [0, 0.05) is 20.8 Å². The van der Waals surface area contributed by atoms with E-state index < -0.39 is 0 Å². The maximum atomic E-state index is 5.29. The first-order chi connectivity index (χ1) is 8.36. The summed E-state index contributed by atoms with van der Waals surface area (Å²) in [6.45, 7) is 5.05. The highest BCUT2D eigenvalue weighted by Gasteiger charge is 2.12. The molecule has 0 bridgehead atoms.